The maximum atomic E-state index is 12.1. The first-order valence-corrected chi connectivity index (χ1v) is 10.1. The van der Waals surface area contributed by atoms with Crippen LogP contribution in [0.3, 0.4) is 0 Å². The van der Waals surface area contributed by atoms with E-state index in [2.05, 4.69) is 4.99 Å². The van der Waals surface area contributed by atoms with Crippen molar-refractivity contribution in [1.29, 1.82) is 0 Å². The molecule has 0 heterocycles. The standard InChI is InChI=1S/C20H26NO3P/c1-5-25(22,23)24-19-17(12-9-13-18(19)20(2,3)4)15-21-14-16-10-7-6-8-11-16/h6-13,15H,5,14H2,1-4H3,(H,22,23)/p-1. The third kappa shape index (κ3) is 5.55. The Hall–Kier alpha value is -1.90. The van der Waals surface area contributed by atoms with Crippen LogP contribution in [-0.2, 0) is 16.5 Å². The van der Waals surface area contributed by atoms with Crippen LogP contribution in [0, 0.1) is 0 Å². The van der Waals surface area contributed by atoms with Gasteiger partial charge in [0.2, 0.25) is 0 Å². The Morgan fingerprint density at radius 2 is 1.80 bits per heavy atom. The van der Waals surface area contributed by atoms with Gasteiger partial charge in [0.1, 0.15) is 5.75 Å². The van der Waals surface area contributed by atoms with Gasteiger partial charge in [-0.25, -0.2) is 0 Å². The van der Waals surface area contributed by atoms with E-state index in [0.29, 0.717) is 17.9 Å². The van der Waals surface area contributed by atoms with Crippen molar-refractivity contribution in [2.45, 2.75) is 39.7 Å². The van der Waals surface area contributed by atoms with E-state index in [-0.39, 0.29) is 11.6 Å². The van der Waals surface area contributed by atoms with Crippen LogP contribution in [0.4, 0.5) is 0 Å². The van der Waals surface area contributed by atoms with E-state index >= 15 is 0 Å². The Labute approximate surface area is 150 Å². The maximum absolute atomic E-state index is 12.1. The average Bonchev–Trinajstić information content (AvgIpc) is 2.56. The zero-order valence-corrected chi connectivity index (χ0v) is 16.1. The van der Waals surface area contributed by atoms with E-state index in [1.807, 2.05) is 69.3 Å². The molecule has 0 saturated heterocycles. The Morgan fingerprint density at radius 1 is 1.12 bits per heavy atom. The van der Waals surface area contributed by atoms with Crippen LogP contribution in [0.2, 0.25) is 0 Å². The molecule has 1 unspecified atom stereocenters. The van der Waals surface area contributed by atoms with Crippen LogP contribution < -0.4 is 9.42 Å². The summed E-state index contributed by atoms with van der Waals surface area (Å²) in [5.74, 6) is 0.381. The van der Waals surface area contributed by atoms with Gasteiger partial charge in [0.25, 0.3) is 0 Å². The molecule has 0 fully saturated rings. The van der Waals surface area contributed by atoms with Crippen molar-refractivity contribution in [3.8, 4) is 5.75 Å². The van der Waals surface area contributed by atoms with Gasteiger partial charge in [-0.2, -0.15) is 0 Å². The summed E-state index contributed by atoms with van der Waals surface area (Å²) in [6.07, 6.45) is 1.64. The zero-order chi connectivity index (χ0) is 18.5. The minimum absolute atomic E-state index is 0.0495. The summed E-state index contributed by atoms with van der Waals surface area (Å²) in [5.41, 5.74) is 2.37. The summed E-state index contributed by atoms with van der Waals surface area (Å²) < 4.78 is 17.5. The lowest BCUT2D eigenvalue weighted by molar-refractivity contribution is -0.190. The third-order valence-electron chi connectivity index (χ3n) is 3.82. The lowest BCUT2D eigenvalue weighted by Crippen LogP contribution is -2.17. The van der Waals surface area contributed by atoms with Crippen LogP contribution in [-0.4, -0.2) is 12.4 Å². The van der Waals surface area contributed by atoms with Gasteiger partial charge in [0.15, 0.2) is 7.60 Å². The molecule has 0 spiro atoms. The summed E-state index contributed by atoms with van der Waals surface area (Å²) in [5, 5.41) is 0. The van der Waals surface area contributed by atoms with Crippen molar-refractivity contribution < 1.29 is 14.0 Å². The van der Waals surface area contributed by atoms with Crippen LogP contribution in [0.15, 0.2) is 53.5 Å². The molecule has 0 amide bonds. The van der Waals surface area contributed by atoms with Crippen molar-refractivity contribution in [1.82, 2.24) is 0 Å². The Balaban J connectivity index is 2.37. The minimum atomic E-state index is -3.92. The van der Waals surface area contributed by atoms with Crippen molar-refractivity contribution in [3.05, 3.63) is 65.2 Å². The fourth-order valence-corrected chi connectivity index (χ4v) is 3.00. The minimum Gasteiger partial charge on any atom is -0.769 e. The molecule has 0 aromatic heterocycles. The molecule has 2 rings (SSSR count). The smallest absolute Gasteiger partial charge is 0.184 e. The summed E-state index contributed by atoms with van der Waals surface area (Å²) in [6, 6.07) is 15.5. The molecule has 0 aliphatic heterocycles. The third-order valence-corrected chi connectivity index (χ3v) is 5.05. The van der Waals surface area contributed by atoms with Gasteiger partial charge in [-0.05, 0) is 17.0 Å². The number of hydrogen-bond donors (Lipinski definition) is 0. The van der Waals surface area contributed by atoms with Gasteiger partial charge in [0.05, 0.1) is 6.54 Å². The lowest BCUT2D eigenvalue weighted by Gasteiger charge is -2.29. The van der Waals surface area contributed by atoms with Crippen molar-refractivity contribution in [2.75, 3.05) is 6.16 Å². The summed E-state index contributed by atoms with van der Waals surface area (Å²) in [4.78, 5) is 16.5. The number of nitrogens with zero attached hydrogens (tertiary/aromatic N) is 1. The first-order valence-electron chi connectivity index (χ1n) is 8.40. The fourth-order valence-electron chi connectivity index (χ4n) is 2.39. The first kappa shape index (κ1) is 19.4. The van der Waals surface area contributed by atoms with Gasteiger partial charge < -0.3 is 9.42 Å². The summed E-state index contributed by atoms with van der Waals surface area (Å²) in [6.45, 7) is 8.20. The molecule has 5 heteroatoms. The van der Waals surface area contributed by atoms with E-state index in [1.165, 1.54) is 0 Å². The van der Waals surface area contributed by atoms with Crippen molar-refractivity contribution in [3.63, 3.8) is 0 Å². The van der Waals surface area contributed by atoms with Crippen LogP contribution in [0.25, 0.3) is 0 Å². The average molecular weight is 358 g/mol. The Morgan fingerprint density at radius 3 is 2.40 bits per heavy atom. The van der Waals surface area contributed by atoms with Gasteiger partial charge in [0, 0.05) is 23.5 Å². The number of para-hydroxylation sites is 1. The van der Waals surface area contributed by atoms with Crippen molar-refractivity contribution in [2.24, 2.45) is 4.99 Å². The number of hydrogen-bond acceptors (Lipinski definition) is 4. The van der Waals surface area contributed by atoms with E-state index in [9.17, 15) is 9.46 Å². The molecule has 2 aromatic rings. The van der Waals surface area contributed by atoms with E-state index in [4.69, 9.17) is 4.52 Å². The highest BCUT2D eigenvalue weighted by Crippen LogP contribution is 2.43. The molecule has 0 aliphatic carbocycles. The molecule has 25 heavy (non-hydrogen) atoms. The molecule has 4 nitrogen and oxygen atoms in total. The monoisotopic (exact) mass is 358 g/mol. The molecule has 1 atom stereocenters. The predicted octanol–water partition coefficient (Wildman–Crippen LogP) is 4.56. The van der Waals surface area contributed by atoms with E-state index in [0.717, 1.165) is 11.1 Å². The molecule has 2 aromatic carbocycles. The van der Waals surface area contributed by atoms with Crippen molar-refractivity contribution >= 4 is 13.8 Å². The predicted molar refractivity (Wildman–Crippen MR) is 102 cm³/mol. The SMILES string of the molecule is CCP(=O)([O-])Oc1c(C=NCc2ccccc2)cccc1C(C)(C)C. The van der Waals surface area contributed by atoms with E-state index in [1.54, 1.807) is 13.1 Å². The zero-order valence-electron chi connectivity index (χ0n) is 15.2. The first-order chi connectivity index (χ1) is 11.7. The molecule has 0 bridgehead atoms. The largest absolute Gasteiger partial charge is 0.769 e. The second-order valence-electron chi connectivity index (χ2n) is 6.95. The molecule has 134 valence electrons. The summed E-state index contributed by atoms with van der Waals surface area (Å²) >= 11 is 0. The number of aliphatic imine (C=N–C) groups is 1. The highest BCUT2D eigenvalue weighted by molar-refractivity contribution is 7.51. The molecule has 0 aliphatic rings. The van der Waals surface area contributed by atoms with Crippen LogP contribution in [0.1, 0.15) is 44.4 Å². The van der Waals surface area contributed by atoms with Gasteiger partial charge in [-0.15, -0.1) is 0 Å². The second kappa shape index (κ2) is 7.99. The maximum Gasteiger partial charge on any atom is 0.184 e. The highest BCUT2D eigenvalue weighted by Gasteiger charge is 2.23. The lowest BCUT2D eigenvalue weighted by atomic mass is 9.85. The number of benzene rings is 2. The van der Waals surface area contributed by atoms with Crippen LogP contribution >= 0.6 is 7.60 Å². The second-order valence-corrected chi connectivity index (χ2v) is 8.98. The van der Waals surface area contributed by atoms with E-state index < -0.39 is 7.60 Å². The molecule has 0 saturated carbocycles. The fraction of sp³-hybridized carbons (Fsp3) is 0.350. The topological polar surface area (TPSA) is 61.7 Å². The Kier molecular flexibility index (Phi) is 6.21. The molecule has 0 N–H and O–H groups in total. The normalized spacial score (nSPS) is 14.4. The number of rotatable bonds is 6. The van der Waals surface area contributed by atoms with Gasteiger partial charge in [-0.3, -0.25) is 9.56 Å². The molecular formula is C20H25NO3P-. The summed E-state index contributed by atoms with van der Waals surface area (Å²) in [7, 11) is -3.92. The van der Waals surface area contributed by atoms with Crippen LogP contribution in [0.5, 0.6) is 5.75 Å². The molecular weight excluding hydrogens is 333 g/mol. The molecule has 0 radical (unpaired) electrons. The van der Waals surface area contributed by atoms with Gasteiger partial charge >= 0.3 is 0 Å². The Bertz CT molecular complexity index is 779. The quantitative estimate of drug-likeness (QED) is 0.562. The highest BCUT2D eigenvalue weighted by atomic mass is 31.2. The van der Waals surface area contributed by atoms with Gasteiger partial charge in [-0.1, -0.05) is 70.2 Å².